The summed E-state index contributed by atoms with van der Waals surface area (Å²) in [6.07, 6.45) is 2.27. The largest absolute Gasteiger partial charge is 0.465 e. The lowest BCUT2D eigenvalue weighted by molar-refractivity contribution is 0.0905. The number of benzene rings is 1. The Kier molecular flexibility index (Phi) is 3.78. The maximum Gasteiger partial charge on any atom is 0.407 e. The summed E-state index contributed by atoms with van der Waals surface area (Å²) in [5.41, 5.74) is 2.56. The molecule has 1 aromatic carbocycles. The highest BCUT2D eigenvalue weighted by Gasteiger charge is 2.28. The van der Waals surface area contributed by atoms with Gasteiger partial charge in [0.25, 0.3) is 0 Å². The van der Waals surface area contributed by atoms with E-state index in [4.69, 9.17) is 5.11 Å². The normalized spacial score (nSPS) is 23.6. The molecule has 1 atom stereocenters. The van der Waals surface area contributed by atoms with Crippen molar-refractivity contribution in [2.75, 3.05) is 31.6 Å². The van der Waals surface area contributed by atoms with Crippen LogP contribution in [0, 0.1) is 0 Å². The molecule has 108 valence electrons. The number of para-hydroxylation sites is 1. The van der Waals surface area contributed by atoms with Gasteiger partial charge in [0, 0.05) is 31.4 Å². The van der Waals surface area contributed by atoms with Crippen molar-refractivity contribution in [1.82, 2.24) is 9.80 Å². The minimum Gasteiger partial charge on any atom is -0.465 e. The summed E-state index contributed by atoms with van der Waals surface area (Å²) >= 11 is 0. The second-order valence-corrected chi connectivity index (χ2v) is 5.58. The average molecular weight is 275 g/mol. The number of nitrogens with zero attached hydrogens (tertiary/aromatic N) is 2. The highest BCUT2D eigenvalue weighted by atomic mass is 16.4. The van der Waals surface area contributed by atoms with E-state index in [1.165, 1.54) is 11.3 Å². The van der Waals surface area contributed by atoms with Crippen LogP contribution in [0.15, 0.2) is 24.3 Å². The summed E-state index contributed by atoms with van der Waals surface area (Å²) in [5.74, 6) is 0. The number of amides is 1. The lowest BCUT2D eigenvalue weighted by atomic mass is 10.0. The fourth-order valence-corrected chi connectivity index (χ4v) is 3.18. The van der Waals surface area contributed by atoms with E-state index < -0.39 is 6.09 Å². The van der Waals surface area contributed by atoms with Gasteiger partial charge >= 0.3 is 6.09 Å². The molecule has 5 nitrogen and oxygen atoms in total. The fraction of sp³-hybridized carbons (Fsp3) is 0.533. The van der Waals surface area contributed by atoms with E-state index in [-0.39, 0.29) is 0 Å². The third-order valence-corrected chi connectivity index (χ3v) is 4.34. The van der Waals surface area contributed by atoms with Crippen molar-refractivity contribution < 1.29 is 9.90 Å². The molecule has 5 heteroatoms. The summed E-state index contributed by atoms with van der Waals surface area (Å²) in [4.78, 5) is 15.1. The van der Waals surface area contributed by atoms with Crippen LogP contribution in [-0.4, -0.2) is 53.3 Å². The first-order chi connectivity index (χ1) is 9.74. The summed E-state index contributed by atoms with van der Waals surface area (Å²) in [6.45, 7) is 3.10. The summed E-state index contributed by atoms with van der Waals surface area (Å²) in [6, 6.07) is 8.73. The van der Waals surface area contributed by atoms with Crippen LogP contribution in [0.3, 0.4) is 0 Å². The average Bonchev–Trinajstić information content (AvgIpc) is 2.70. The molecule has 3 rings (SSSR count). The van der Waals surface area contributed by atoms with Gasteiger partial charge in [0.2, 0.25) is 0 Å². The molecule has 0 aliphatic carbocycles. The molecule has 0 bridgehead atoms. The maximum atomic E-state index is 11.1. The van der Waals surface area contributed by atoms with Gasteiger partial charge in [0.15, 0.2) is 0 Å². The van der Waals surface area contributed by atoms with Crippen molar-refractivity contribution in [2.24, 2.45) is 0 Å². The van der Waals surface area contributed by atoms with Gasteiger partial charge in [0.1, 0.15) is 0 Å². The van der Waals surface area contributed by atoms with Gasteiger partial charge in [-0.2, -0.15) is 0 Å². The highest BCUT2D eigenvalue weighted by Crippen LogP contribution is 2.22. The standard InChI is InChI=1S/C15H21N3O2/c19-15(20)17-8-3-5-13(10-17)18-9-7-12-4-1-2-6-14(12)16-11-18/h1-2,4,6,13,16H,3,5,7-11H2,(H,19,20). The first kappa shape index (κ1) is 13.2. The topological polar surface area (TPSA) is 55.8 Å². The van der Waals surface area contributed by atoms with Crippen LogP contribution in [0.25, 0.3) is 0 Å². The number of nitrogens with one attached hydrogen (secondary N) is 1. The van der Waals surface area contributed by atoms with Crippen LogP contribution in [-0.2, 0) is 6.42 Å². The number of piperidine rings is 1. The molecule has 2 aliphatic rings. The van der Waals surface area contributed by atoms with E-state index in [0.29, 0.717) is 19.1 Å². The second kappa shape index (κ2) is 5.71. The molecule has 2 N–H and O–H groups in total. The predicted molar refractivity (Wildman–Crippen MR) is 78.0 cm³/mol. The number of hydrogen-bond donors (Lipinski definition) is 2. The summed E-state index contributed by atoms with van der Waals surface area (Å²) in [5, 5.41) is 12.6. The molecule has 1 aromatic rings. The first-order valence-electron chi connectivity index (χ1n) is 7.28. The number of carbonyl (C=O) groups is 1. The van der Waals surface area contributed by atoms with Crippen molar-refractivity contribution in [1.29, 1.82) is 0 Å². The van der Waals surface area contributed by atoms with Crippen LogP contribution >= 0.6 is 0 Å². The zero-order valence-corrected chi connectivity index (χ0v) is 11.6. The predicted octanol–water partition coefficient (Wildman–Crippen LogP) is 2.06. The Bertz CT molecular complexity index is 465. The Balaban J connectivity index is 1.66. The number of likely N-dealkylation sites (tertiary alicyclic amines) is 1. The molecule has 1 fully saturated rings. The number of carboxylic acid groups (broad SMARTS) is 1. The van der Waals surface area contributed by atoms with Gasteiger partial charge in [-0.15, -0.1) is 0 Å². The molecule has 1 unspecified atom stereocenters. The van der Waals surface area contributed by atoms with Crippen LogP contribution in [0.5, 0.6) is 0 Å². The molecular weight excluding hydrogens is 254 g/mol. The van der Waals surface area contributed by atoms with Gasteiger partial charge in [-0.25, -0.2) is 4.79 Å². The number of fused-ring (bicyclic) bond motifs is 1. The minimum absolute atomic E-state index is 0.335. The minimum atomic E-state index is -0.791. The monoisotopic (exact) mass is 275 g/mol. The van der Waals surface area contributed by atoms with E-state index in [2.05, 4.69) is 28.4 Å². The van der Waals surface area contributed by atoms with Gasteiger partial charge < -0.3 is 15.3 Å². The van der Waals surface area contributed by atoms with Gasteiger partial charge in [-0.3, -0.25) is 4.90 Å². The van der Waals surface area contributed by atoms with Crippen molar-refractivity contribution in [3.8, 4) is 0 Å². The van der Waals surface area contributed by atoms with E-state index in [1.807, 2.05) is 6.07 Å². The van der Waals surface area contributed by atoms with Crippen molar-refractivity contribution in [3.63, 3.8) is 0 Å². The quantitative estimate of drug-likeness (QED) is 0.823. The maximum absolute atomic E-state index is 11.1. The number of hydrogen-bond acceptors (Lipinski definition) is 3. The van der Waals surface area contributed by atoms with Crippen LogP contribution in [0.2, 0.25) is 0 Å². The summed E-state index contributed by atoms with van der Waals surface area (Å²) < 4.78 is 0. The lowest BCUT2D eigenvalue weighted by Gasteiger charge is -2.37. The molecule has 20 heavy (non-hydrogen) atoms. The molecule has 0 radical (unpaired) electrons. The zero-order valence-electron chi connectivity index (χ0n) is 11.6. The zero-order chi connectivity index (χ0) is 13.9. The van der Waals surface area contributed by atoms with Gasteiger partial charge in [-0.1, -0.05) is 18.2 Å². The Morgan fingerprint density at radius 2 is 2.15 bits per heavy atom. The molecule has 0 spiro atoms. The van der Waals surface area contributed by atoms with Crippen LogP contribution < -0.4 is 5.32 Å². The second-order valence-electron chi connectivity index (χ2n) is 5.58. The van der Waals surface area contributed by atoms with E-state index in [1.54, 1.807) is 4.90 Å². The third kappa shape index (κ3) is 2.72. The Morgan fingerprint density at radius 3 is 3.00 bits per heavy atom. The van der Waals surface area contributed by atoms with E-state index >= 15 is 0 Å². The van der Waals surface area contributed by atoms with Crippen LogP contribution in [0.1, 0.15) is 18.4 Å². The number of anilines is 1. The molecular formula is C15H21N3O2. The Morgan fingerprint density at radius 1 is 1.30 bits per heavy atom. The SMILES string of the molecule is O=C(O)N1CCCC(N2CCc3ccccc3NC2)C1. The van der Waals surface area contributed by atoms with Crippen molar-refractivity contribution >= 4 is 11.8 Å². The van der Waals surface area contributed by atoms with Crippen molar-refractivity contribution in [3.05, 3.63) is 29.8 Å². The fourth-order valence-electron chi connectivity index (χ4n) is 3.18. The first-order valence-corrected chi connectivity index (χ1v) is 7.28. The molecule has 1 saturated heterocycles. The van der Waals surface area contributed by atoms with Crippen molar-refractivity contribution in [2.45, 2.75) is 25.3 Å². The molecule has 2 heterocycles. The van der Waals surface area contributed by atoms with E-state index in [9.17, 15) is 4.79 Å². The smallest absolute Gasteiger partial charge is 0.407 e. The molecule has 2 aliphatic heterocycles. The molecule has 0 aromatic heterocycles. The Hall–Kier alpha value is -1.75. The van der Waals surface area contributed by atoms with Gasteiger partial charge in [0.05, 0.1) is 6.67 Å². The number of rotatable bonds is 1. The highest BCUT2D eigenvalue weighted by molar-refractivity contribution is 5.65. The third-order valence-electron chi connectivity index (χ3n) is 4.34. The Labute approximate surface area is 119 Å². The summed E-state index contributed by atoms with van der Waals surface area (Å²) in [7, 11) is 0. The lowest BCUT2D eigenvalue weighted by Crippen LogP contribution is -2.50. The molecule has 1 amide bonds. The van der Waals surface area contributed by atoms with E-state index in [0.717, 1.165) is 32.5 Å². The van der Waals surface area contributed by atoms with Gasteiger partial charge in [-0.05, 0) is 30.9 Å². The molecule has 0 saturated carbocycles. The van der Waals surface area contributed by atoms with Crippen LogP contribution in [0.4, 0.5) is 10.5 Å².